The van der Waals surface area contributed by atoms with Gasteiger partial charge >= 0.3 is 0 Å². The van der Waals surface area contributed by atoms with Gasteiger partial charge in [-0.3, -0.25) is 0 Å². The van der Waals surface area contributed by atoms with Crippen LogP contribution < -0.4 is 14.2 Å². The van der Waals surface area contributed by atoms with E-state index >= 15 is 0 Å². The van der Waals surface area contributed by atoms with Gasteiger partial charge in [-0.15, -0.1) is 0 Å². The van der Waals surface area contributed by atoms with Gasteiger partial charge in [-0.1, -0.05) is 12.1 Å². The third kappa shape index (κ3) is 4.96. The van der Waals surface area contributed by atoms with Crippen molar-refractivity contribution in [2.75, 3.05) is 7.11 Å². The van der Waals surface area contributed by atoms with Crippen LogP contribution in [-0.4, -0.2) is 28.3 Å². The molecule has 1 N–H and O–H groups in total. The van der Waals surface area contributed by atoms with E-state index in [9.17, 15) is 5.11 Å². The molecule has 1 fully saturated rings. The zero-order valence-corrected chi connectivity index (χ0v) is 16.4. The number of phenols is 1. The molecular formula is C23H24N2O4. The molecule has 3 aromatic rings. The quantitative estimate of drug-likeness (QED) is 0.625. The molecule has 2 aromatic carbocycles. The monoisotopic (exact) mass is 392 g/mol. The van der Waals surface area contributed by atoms with Gasteiger partial charge in [0.15, 0.2) is 5.82 Å². The molecule has 0 bridgehead atoms. The number of methoxy groups -OCH3 is 1. The zero-order valence-electron chi connectivity index (χ0n) is 16.4. The van der Waals surface area contributed by atoms with Crippen LogP contribution in [0.15, 0.2) is 54.7 Å². The van der Waals surface area contributed by atoms with Crippen molar-refractivity contribution in [3.8, 4) is 34.5 Å². The van der Waals surface area contributed by atoms with Gasteiger partial charge in [0.25, 0.3) is 0 Å². The van der Waals surface area contributed by atoms with E-state index in [2.05, 4.69) is 9.97 Å². The van der Waals surface area contributed by atoms with Gasteiger partial charge < -0.3 is 19.3 Å². The second kappa shape index (κ2) is 8.82. The largest absolute Gasteiger partial charge is 0.508 e. The Hall–Kier alpha value is -3.28. The zero-order chi connectivity index (χ0) is 20.1. The summed E-state index contributed by atoms with van der Waals surface area (Å²) in [6, 6.07) is 14.5. The number of phenolic OH excluding ortho intramolecular Hbond substituents is 1. The summed E-state index contributed by atoms with van der Waals surface area (Å²) >= 11 is 0. The first-order valence-electron chi connectivity index (χ1n) is 9.79. The Morgan fingerprint density at radius 2 is 1.79 bits per heavy atom. The molecule has 1 saturated carbocycles. The van der Waals surface area contributed by atoms with E-state index < -0.39 is 0 Å². The Morgan fingerprint density at radius 3 is 2.55 bits per heavy atom. The van der Waals surface area contributed by atoms with E-state index in [1.54, 1.807) is 31.5 Å². The molecule has 6 heteroatoms. The highest BCUT2D eigenvalue weighted by Crippen LogP contribution is 2.31. The van der Waals surface area contributed by atoms with E-state index in [4.69, 9.17) is 14.2 Å². The van der Waals surface area contributed by atoms with E-state index in [1.165, 1.54) is 12.8 Å². The minimum absolute atomic E-state index is 0.128. The fraction of sp³-hybridized carbons (Fsp3) is 0.304. The van der Waals surface area contributed by atoms with E-state index in [0.717, 1.165) is 24.2 Å². The normalized spacial score (nSPS) is 14.0. The lowest BCUT2D eigenvalue weighted by atomic mass is 10.2. The first-order valence-corrected chi connectivity index (χ1v) is 9.79. The number of ether oxygens (including phenoxy) is 3. The van der Waals surface area contributed by atoms with Gasteiger partial charge in [0.1, 0.15) is 23.9 Å². The smallest absolute Gasteiger partial charge is 0.217 e. The fourth-order valence-corrected chi connectivity index (χ4v) is 3.42. The SMILES string of the molecule is COc1ccc(COc2ccnc(-c3cc(O)cc(OC4CCCC4)c3)n2)cc1. The molecule has 0 radical (unpaired) electrons. The molecule has 0 amide bonds. The van der Waals surface area contributed by atoms with Crippen LogP contribution in [-0.2, 0) is 6.61 Å². The highest BCUT2D eigenvalue weighted by Gasteiger charge is 2.17. The summed E-state index contributed by atoms with van der Waals surface area (Å²) in [6.45, 7) is 0.385. The fourth-order valence-electron chi connectivity index (χ4n) is 3.42. The van der Waals surface area contributed by atoms with Crippen molar-refractivity contribution in [1.29, 1.82) is 0 Å². The molecule has 1 aliphatic carbocycles. The van der Waals surface area contributed by atoms with Crippen LogP contribution in [0.2, 0.25) is 0 Å². The van der Waals surface area contributed by atoms with Crippen molar-refractivity contribution >= 4 is 0 Å². The van der Waals surface area contributed by atoms with Crippen molar-refractivity contribution in [3.05, 3.63) is 60.3 Å². The van der Waals surface area contributed by atoms with Crippen LogP contribution >= 0.6 is 0 Å². The lowest BCUT2D eigenvalue weighted by Gasteiger charge is -2.14. The Labute approximate surface area is 170 Å². The standard InChI is InChI=1S/C23H24N2O4/c1-27-19-8-6-16(7-9-19)15-28-22-10-11-24-23(25-22)17-12-18(26)14-21(13-17)29-20-4-2-3-5-20/h6-14,20,26H,2-5,15H2,1H3. The average Bonchev–Trinajstić information content (AvgIpc) is 3.25. The Bertz CT molecular complexity index is 953. The molecular weight excluding hydrogens is 368 g/mol. The lowest BCUT2D eigenvalue weighted by molar-refractivity contribution is 0.209. The van der Waals surface area contributed by atoms with Crippen LogP contribution in [0, 0.1) is 0 Å². The number of hydrogen-bond donors (Lipinski definition) is 1. The molecule has 29 heavy (non-hydrogen) atoms. The number of rotatable bonds is 7. The Morgan fingerprint density at radius 1 is 1.00 bits per heavy atom. The van der Waals surface area contributed by atoms with E-state index in [1.807, 2.05) is 30.3 Å². The molecule has 0 unspecified atom stereocenters. The minimum atomic E-state index is 0.128. The minimum Gasteiger partial charge on any atom is -0.508 e. The number of aromatic nitrogens is 2. The maximum absolute atomic E-state index is 10.1. The molecule has 4 rings (SSSR count). The average molecular weight is 392 g/mol. The van der Waals surface area contributed by atoms with Gasteiger partial charge in [-0.05, 0) is 55.5 Å². The second-order valence-electron chi connectivity index (χ2n) is 7.10. The number of benzene rings is 2. The van der Waals surface area contributed by atoms with Crippen LogP contribution in [0.3, 0.4) is 0 Å². The van der Waals surface area contributed by atoms with Gasteiger partial charge in [0, 0.05) is 23.9 Å². The van der Waals surface area contributed by atoms with Crippen LogP contribution in [0.25, 0.3) is 11.4 Å². The van der Waals surface area contributed by atoms with Crippen molar-refractivity contribution < 1.29 is 19.3 Å². The maximum Gasteiger partial charge on any atom is 0.217 e. The van der Waals surface area contributed by atoms with Gasteiger partial charge in [0.2, 0.25) is 5.88 Å². The molecule has 1 aliphatic rings. The summed E-state index contributed by atoms with van der Waals surface area (Å²) in [5.41, 5.74) is 1.70. The highest BCUT2D eigenvalue weighted by molar-refractivity contribution is 5.60. The van der Waals surface area contributed by atoms with E-state index in [-0.39, 0.29) is 11.9 Å². The first kappa shape index (κ1) is 19.1. The van der Waals surface area contributed by atoms with E-state index in [0.29, 0.717) is 29.6 Å². The topological polar surface area (TPSA) is 73.7 Å². The Kier molecular flexibility index (Phi) is 5.79. The maximum atomic E-state index is 10.1. The summed E-state index contributed by atoms with van der Waals surface area (Å²) in [5.74, 6) is 2.51. The summed E-state index contributed by atoms with van der Waals surface area (Å²) < 4.78 is 17.0. The van der Waals surface area contributed by atoms with Crippen molar-refractivity contribution in [2.45, 2.75) is 38.4 Å². The molecule has 0 saturated heterocycles. The number of hydrogen-bond acceptors (Lipinski definition) is 6. The number of aromatic hydroxyl groups is 1. The molecule has 0 spiro atoms. The number of nitrogens with zero attached hydrogens (tertiary/aromatic N) is 2. The molecule has 6 nitrogen and oxygen atoms in total. The molecule has 1 aromatic heterocycles. The first-order chi connectivity index (χ1) is 14.2. The molecule has 150 valence electrons. The van der Waals surface area contributed by atoms with Crippen LogP contribution in [0.5, 0.6) is 23.1 Å². The molecule has 0 atom stereocenters. The molecule has 1 heterocycles. The third-order valence-corrected chi connectivity index (χ3v) is 4.93. The Balaban J connectivity index is 1.48. The predicted octanol–water partition coefficient (Wildman–Crippen LogP) is 4.76. The summed E-state index contributed by atoms with van der Waals surface area (Å²) in [7, 11) is 1.64. The predicted molar refractivity (Wildman–Crippen MR) is 109 cm³/mol. The van der Waals surface area contributed by atoms with Crippen molar-refractivity contribution in [1.82, 2.24) is 9.97 Å². The van der Waals surface area contributed by atoms with Crippen molar-refractivity contribution in [2.24, 2.45) is 0 Å². The van der Waals surface area contributed by atoms with Crippen LogP contribution in [0.1, 0.15) is 31.2 Å². The summed E-state index contributed by atoms with van der Waals surface area (Å²) in [6.07, 6.45) is 6.34. The highest BCUT2D eigenvalue weighted by atomic mass is 16.5. The lowest BCUT2D eigenvalue weighted by Crippen LogP contribution is -2.10. The second-order valence-corrected chi connectivity index (χ2v) is 7.10. The third-order valence-electron chi connectivity index (χ3n) is 4.93. The van der Waals surface area contributed by atoms with Crippen LogP contribution in [0.4, 0.5) is 0 Å². The summed E-state index contributed by atoms with van der Waals surface area (Å²) in [4.78, 5) is 8.81. The van der Waals surface area contributed by atoms with Crippen molar-refractivity contribution in [3.63, 3.8) is 0 Å². The molecule has 0 aliphatic heterocycles. The van der Waals surface area contributed by atoms with Gasteiger partial charge in [0.05, 0.1) is 13.2 Å². The van der Waals surface area contributed by atoms with Gasteiger partial charge in [-0.25, -0.2) is 4.98 Å². The van der Waals surface area contributed by atoms with Gasteiger partial charge in [-0.2, -0.15) is 4.98 Å². The summed E-state index contributed by atoms with van der Waals surface area (Å²) in [5, 5.41) is 10.1.